The molecule has 0 radical (unpaired) electrons. The van der Waals surface area contributed by atoms with E-state index in [1.54, 1.807) is 0 Å². The van der Waals surface area contributed by atoms with Crippen molar-refractivity contribution in [1.82, 2.24) is 9.13 Å². The summed E-state index contributed by atoms with van der Waals surface area (Å²) in [7, 11) is 0. The maximum absolute atomic E-state index is 2.55. The highest BCUT2D eigenvalue weighted by atomic mass is 15.0. The summed E-state index contributed by atoms with van der Waals surface area (Å²) < 4.78 is 4.99. The van der Waals surface area contributed by atoms with Crippen molar-refractivity contribution in [2.24, 2.45) is 0 Å². The second-order valence-corrected chi connectivity index (χ2v) is 15.7. The van der Waals surface area contributed by atoms with E-state index in [-0.39, 0.29) is 5.41 Å². The predicted molar refractivity (Wildman–Crippen MR) is 233 cm³/mol. The molecule has 0 amide bonds. The third-order valence-electron chi connectivity index (χ3n) is 12.5. The zero-order valence-corrected chi connectivity index (χ0v) is 30.7. The lowest BCUT2D eigenvalue weighted by atomic mass is 9.82. The van der Waals surface area contributed by atoms with Crippen molar-refractivity contribution in [3.8, 4) is 33.6 Å². The van der Waals surface area contributed by atoms with Crippen molar-refractivity contribution >= 4 is 65.2 Å². The van der Waals surface area contributed by atoms with Gasteiger partial charge in [0.25, 0.3) is 0 Å². The molecule has 1 aliphatic carbocycles. The molecule has 0 saturated carbocycles. The van der Waals surface area contributed by atoms with Gasteiger partial charge in [-0.3, -0.25) is 0 Å². The highest BCUT2D eigenvalue weighted by Gasteiger charge is 2.37. The fourth-order valence-electron chi connectivity index (χ4n) is 9.94. The maximum atomic E-state index is 2.55. The molecule has 2 heteroatoms. The quantitative estimate of drug-likeness (QED) is 0.174. The van der Waals surface area contributed by atoms with Gasteiger partial charge in [-0.15, -0.1) is 0 Å². The fourth-order valence-corrected chi connectivity index (χ4v) is 9.94. The normalized spacial score (nSPS) is 13.4. The van der Waals surface area contributed by atoms with Crippen LogP contribution in [0.4, 0.5) is 0 Å². The Balaban J connectivity index is 1.13. The zero-order valence-electron chi connectivity index (χ0n) is 30.7. The van der Waals surface area contributed by atoms with Crippen molar-refractivity contribution in [3.05, 3.63) is 193 Å². The zero-order chi connectivity index (χ0) is 36.4. The minimum absolute atomic E-state index is 0.0913. The Labute approximate surface area is 319 Å². The van der Waals surface area contributed by atoms with E-state index in [9.17, 15) is 0 Å². The van der Waals surface area contributed by atoms with Crippen LogP contribution < -0.4 is 0 Å². The number of nitrogens with zero attached hydrogens (tertiary/aromatic N) is 2. The van der Waals surface area contributed by atoms with Crippen LogP contribution in [-0.4, -0.2) is 9.13 Å². The van der Waals surface area contributed by atoms with Gasteiger partial charge in [-0.25, -0.2) is 0 Å². The molecule has 0 aliphatic heterocycles. The van der Waals surface area contributed by atoms with E-state index < -0.39 is 0 Å². The first-order chi connectivity index (χ1) is 27.1. The average Bonchev–Trinajstić information content (AvgIpc) is 3.83. The summed E-state index contributed by atoms with van der Waals surface area (Å²) >= 11 is 0. The lowest BCUT2D eigenvalue weighted by Gasteiger charge is -2.21. The van der Waals surface area contributed by atoms with Crippen molar-refractivity contribution < 1.29 is 0 Å². The van der Waals surface area contributed by atoms with Crippen molar-refractivity contribution in [2.45, 2.75) is 19.3 Å². The topological polar surface area (TPSA) is 9.86 Å². The number of aromatic nitrogens is 2. The molecule has 1 aliphatic rings. The number of para-hydroxylation sites is 1. The van der Waals surface area contributed by atoms with Gasteiger partial charge in [-0.2, -0.15) is 0 Å². The number of rotatable bonds is 3. The molecule has 2 nitrogen and oxygen atoms in total. The van der Waals surface area contributed by atoms with E-state index >= 15 is 0 Å². The Hall–Kier alpha value is -6.90. The Bertz CT molecular complexity index is 3400. The molecule has 258 valence electrons. The van der Waals surface area contributed by atoms with Gasteiger partial charge in [-0.1, -0.05) is 153 Å². The standard InChI is InChI=1S/C53H36N2/c1-53(2)44-21-9-7-20-41(44)51-45(53)28-27-40-43-32-36(26-30-50(43)55(52(40)51)47-24-12-16-34-14-4-6-18-38(34)47)35-25-29-49-42(31-35)39-19-8-10-22-48(39)54(49)46-23-11-15-33-13-3-5-17-37(33)46/h3-32H,1-2H3. The van der Waals surface area contributed by atoms with Crippen LogP contribution in [0.5, 0.6) is 0 Å². The number of benzene rings is 9. The Morgan fingerprint density at radius 3 is 1.60 bits per heavy atom. The van der Waals surface area contributed by atoms with Gasteiger partial charge in [0.2, 0.25) is 0 Å². The van der Waals surface area contributed by atoms with Gasteiger partial charge in [0.1, 0.15) is 0 Å². The molecule has 0 bridgehead atoms. The molecule has 12 rings (SSSR count). The summed E-state index contributed by atoms with van der Waals surface area (Å²) in [5.41, 5.74) is 15.2. The molecule has 0 atom stereocenters. The number of hydrogen-bond donors (Lipinski definition) is 0. The first-order valence-corrected chi connectivity index (χ1v) is 19.3. The molecular weight excluding hydrogens is 665 g/mol. The van der Waals surface area contributed by atoms with Gasteiger partial charge < -0.3 is 9.13 Å². The van der Waals surface area contributed by atoms with Gasteiger partial charge in [0.15, 0.2) is 0 Å². The third-order valence-corrected chi connectivity index (χ3v) is 12.5. The third kappa shape index (κ3) is 4.14. The second-order valence-electron chi connectivity index (χ2n) is 15.7. The summed E-state index contributed by atoms with van der Waals surface area (Å²) in [4.78, 5) is 0. The molecule has 55 heavy (non-hydrogen) atoms. The molecule has 0 fully saturated rings. The molecule has 0 spiro atoms. The lowest BCUT2D eigenvalue weighted by molar-refractivity contribution is 0.661. The Morgan fingerprint density at radius 1 is 0.364 bits per heavy atom. The first kappa shape index (κ1) is 30.6. The van der Waals surface area contributed by atoms with Crippen LogP contribution in [0.2, 0.25) is 0 Å². The van der Waals surface area contributed by atoms with Crippen LogP contribution in [0.25, 0.3) is 98.8 Å². The van der Waals surface area contributed by atoms with Crippen molar-refractivity contribution in [3.63, 3.8) is 0 Å². The molecular formula is C53H36N2. The van der Waals surface area contributed by atoms with E-state index in [1.165, 1.54) is 110 Å². The van der Waals surface area contributed by atoms with Gasteiger partial charge in [-0.05, 0) is 81.1 Å². The van der Waals surface area contributed by atoms with Crippen LogP contribution in [0.3, 0.4) is 0 Å². The van der Waals surface area contributed by atoms with E-state index in [4.69, 9.17) is 0 Å². The maximum Gasteiger partial charge on any atom is 0.0622 e. The van der Waals surface area contributed by atoms with Crippen LogP contribution >= 0.6 is 0 Å². The molecule has 0 saturated heterocycles. The minimum Gasteiger partial charge on any atom is -0.309 e. The summed E-state index contributed by atoms with van der Waals surface area (Å²) in [6.07, 6.45) is 0. The second kappa shape index (κ2) is 11.1. The summed E-state index contributed by atoms with van der Waals surface area (Å²) in [5.74, 6) is 0. The SMILES string of the molecule is CC1(C)c2ccccc2-c2c1ccc1c3cc(-c4ccc5c(c4)c4ccccc4n5-c4cccc5ccccc45)ccc3n(-c3cccc4ccccc34)c21. The minimum atomic E-state index is -0.0913. The summed E-state index contributed by atoms with van der Waals surface area (Å²) in [6.45, 7) is 4.75. The van der Waals surface area contributed by atoms with Gasteiger partial charge in [0.05, 0.1) is 33.4 Å². The Kier molecular flexibility index (Phi) is 6.15. The van der Waals surface area contributed by atoms with Crippen LogP contribution in [0, 0.1) is 0 Å². The molecule has 0 N–H and O–H groups in total. The van der Waals surface area contributed by atoms with Gasteiger partial charge in [0, 0.05) is 43.3 Å². The predicted octanol–water partition coefficient (Wildman–Crippen LogP) is 14.2. The summed E-state index contributed by atoms with van der Waals surface area (Å²) in [5, 5.41) is 10.1. The Morgan fingerprint density at radius 2 is 0.891 bits per heavy atom. The molecule has 0 unspecified atom stereocenters. The van der Waals surface area contributed by atoms with Crippen molar-refractivity contribution in [1.29, 1.82) is 0 Å². The monoisotopic (exact) mass is 700 g/mol. The molecule has 2 aromatic heterocycles. The van der Waals surface area contributed by atoms with E-state index in [2.05, 4.69) is 205 Å². The van der Waals surface area contributed by atoms with E-state index in [0.717, 1.165) is 0 Å². The molecule has 2 heterocycles. The van der Waals surface area contributed by atoms with Crippen LogP contribution in [0.1, 0.15) is 25.0 Å². The van der Waals surface area contributed by atoms with Gasteiger partial charge >= 0.3 is 0 Å². The highest BCUT2D eigenvalue weighted by molar-refractivity contribution is 6.18. The largest absolute Gasteiger partial charge is 0.309 e. The highest BCUT2D eigenvalue weighted by Crippen LogP contribution is 2.53. The first-order valence-electron chi connectivity index (χ1n) is 19.3. The molecule has 11 aromatic rings. The average molecular weight is 701 g/mol. The smallest absolute Gasteiger partial charge is 0.0622 e. The summed E-state index contributed by atoms with van der Waals surface area (Å²) in [6, 6.07) is 67.6. The lowest BCUT2D eigenvalue weighted by Crippen LogP contribution is -2.14. The van der Waals surface area contributed by atoms with Crippen LogP contribution in [-0.2, 0) is 5.41 Å². The number of fused-ring (bicyclic) bond motifs is 12. The van der Waals surface area contributed by atoms with Crippen molar-refractivity contribution in [2.75, 3.05) is 0 Å². The van der Waals surface area contributed by atoms with E-state index in [0.29, 0.717) is 0 Å². The molecule has 9 aromatic carbocycles. The fraction of sp³-hybridized carbons (Fsp3) is 0.0566. The number of hydrogen-bond acceptors (Lipinski definition) is 0. The van der Waals surface area contributed by atoms with E-state index in [1.807, 2.05) is 0 Å². The van der Waals surface area contributed by atoms with Crippen LogP contribution in [0.15, 0.2) is 182 Å².